The highest BCUT2D eigenvalue weighted by atomic mass is 35.5. The fourth-order valence-corrected chi connectivity index (χ4v) is 4.00. The highest BCUT2D eigenvalue weighted by molar-refractivity contribution is 6.37. The van der Waals surface area contributed by atoms with Crippen molar-refractivity contribution in [2.24, 2.45) is 0 Å². The zero-order valence-corrected chi connectivity index (χ0v) is 16.9. The lowest BCUT2D eigenvalue weighted by Gasteiger charge is -2.47. The van der Waals surface area contributed by atoms with Crippen LogP contribution in [0.4, 0.5) is 5.69 Å². The van der Waals surface area contributed by atoms with Gasteiger partial charge in [0.15, 0.2) is 0 Å². The van der Waals surface area contributed by atoms with Crippen LogP contribution in [0.25, 0.3) is 0 Å². The van der Waals surface area contributed by atoms with Crippen LogP contribution in [0, 0.1) is 0 Å². The van der Waals surface area contributed by atoms with E-state index in [1.807, 2.05) is 0 Å². The molecule has 148 valence electrons. The van der Waals surface area contributed by atoms with Gasteiger partial charge >= 0.3 is 11.9 Å². The summed E-state index contributed by atoms with van der Waals surface area (Å²) in [7, 11) is 1.26. The Morgan fingerprint density at radius 2 is 1.85 bits per heavy atom. The molecule has 9 heteroatoms. The molecule has 1 unspecified atom stereocenters. The third kappa shape index (κ3) is 4.20. The maximum Gasteiger partial charge on any atom is 0.332 e. The van der Waals surface area contributed by atoms with Gasteiger partial charge in [-0.05, 0) is 38.0 Å². The highest BCUT2D eigenvalue weighted by Crippen LogP contribution is 2.39. The number of benzene rings is 1. The Labute approximate surface area is 167 Å². The fraction of sp³-hybridized carbons (Fsp3) is 0.500. The Kier molecular flexibility index (Phi) is 6.72. The van der Waals surface area contributed by atoms with E-state index in [1.54, 1.807) is 24.0 Å². The topological polar surface area (TPSA) is 87.2 Å². The number of likely N-dealkylation sites (tertiary alicyclic amines) is 1. The second kappa shape index (κ2) is 8.46. The number of hydrogen-bond acceptors (Lipinski definition) is 5. The van der Waals surface area contributed by atoms with Gasteiger partial charge in [0.05, 0.1) is 17.8 Å². The van der Waals surface area contributed by atoms with Gasteiger partial charge < -0.3 is 9.84 Å². The normalized spacial score (nSPS) is 17.8. The number of carboxylic acids is 1. The van der Waals surface area contributed by atoms with Gasteiger partial charge in [0.25, 0.3) is 0 Å². The molecule has 1 amide bonds. The maximum atomic E-state index is 12.8. The minimum absolute atomic E-state index is 0.218. The van der Waals surface area contributed by atoms with E-state index in [9.17, 15) is 19.5 Å². The largest absolute Gasteiger partial charge is 0.480 e. The first-order valence-electron chi connectivity index (χ1n) is 8.45. The average Bonchev–Trinajstić information content (AvgIpc) is 2.62. The van der Waals surface area contributed by atoms with Crippen molar-refractivity contribution >= 4 is 46.7 Å². The Morgan fingerprint density at radius 1 is 1.26 bits per heavy atom. The van der Waals surface area contributed by atoms with Gasteiger partial charge in [-0.3, -0.25) is 19.4 Å². The molecule has 0 bridgehead atoms. The lowest BCUT2D eigenvalue weighted by atomic mass is 9.84. The standard InChI is InChI=1S/C18H22Cl2N2O5/c1-11(16(24)25)21-8-6-18(7-9-21,17(26)27-3)22(12(2)23)15-5-4-13(19)10-14(15)20/h4-5,10-11H,6-9H2,1-3H3,(H,24,25). The van der Waals surface area contributed by atoms with Crippen molar-refractivity contribution in [2.75, 3.05) is 25.1 Å². The van der Waals surface area contributed by atoms with Crippen LogP contribution in [-0.4, -0.2) is 59.6 Å². The van der Waals surface area contributed by atoms with Gasteiger partial charge in [0.2, 0.25) is 5.91 Å². The van der Waals surface area contributed by atoms with Crippen LogP contribution in [0.3, 0.4) is 0 Å². The zero-order chi connectivity index (χ0) is 20.4. The van der Waals surface area contributed by atoms with Crippen molar-refractivity contribution in [3.8, 4) is 0 Å². The van der Waals surface area contributed by atoms with Crippen LogP contribution in [-0.2, 0) is 19.1 Å². The molecule has 1 aliphatic heterocycles. The quantitative estimate of drug-likeness (QED) is 0.742. The molecule has 1 aromatic rings. The summed E-state index contributed by atoms with van der Waals surface area (Å²) in [5.74, 6) is -1.87. The number of hydrogen-bond donors (Lipinski definition) is 1. The summed E-state index contributed by atoms with van der Waals surface area (Å²) in [6.45, 7) is 3.57. The molecule has 0 radical (unpaired) electrons. The number of aliphatic carboxylic acids is 1. The Bertz CT molecular complexity index is 747. The minimum Gasteiger partial charge on any atom is -0.480 e. The van der Waals surface area contributed by atoms with Crippen molar-refractivity contribution in [1.82, 2.24) is 4.90 Å². The first-order chi connectivity index (χ1) is 12.6. The van der Waals surface area contributed by atoms with E-state index in [0.29, 0.717) is 23.8 Å². The number of carbonyl (C=O) groups excluding carboxylic acids is 2. The van der Waals surface area contributed by atoms with Crippen LogP contribution in [0.2, 0.25) is 10.0 Å². The third-order valence-corrected chi connectivity index (χ3v) is 5.53. The van der Waals surface area contributed by atoms with Crippen molar-refractivity contribution in [2.45, 2.75) is 38.3 Å². The molecule has 27 heavy (non-hydrogen) atoms. The molecule has 7 nitrogen and oxygen atoms in total. The van der Waals surface area contributed by atoms with Gasteiger partial charge in [-0.15, -0.1) is 0 Å². The number of esters is 1. The molecule has 1 fully saturated rings. The number of methoxy groups -OCH3 is 1. The number of carboxylic acid groups (broad SMARTS) is 1. The summed E-state index contributed by atoms with van der Waals surface area (Å²) < 4.78 is 5.02. The van der Waals surface area contributed by atoms with Crippen molar-refractivity contribution < 1.29 is 24.2 Å². The molecule has 2 rings (SSSR count). The van der Waals surface area contributed by atoms with Gasteiger partial charge in [0, 0.05) is 25.0 Å². The molecule has 0 spiro atoms. The molecular weight excluding hydrogens is 395 g/mol. The van der Waals surface area contributed by atoms with E-state index in [-0.39, 0.29) is 23.8 Å². The SMILES string of the molecule is COC(=O)C1(N(C(C)=O)c2ccc(Cl)cc2Cl)CCN(C(C)C(=O)O)CC1. The van der Waals surface area contributed by atoms with E-state index < -0.39 is 23.5 Å². The Hall–Kier alpha value is -1.83. The number of amides is 1. The Morgan fingerprint density at radius 3 is 2.30 bits per heavy atom. The molecule has 0 aliphatic carbocycles. The first kappa shape index (κ1) is 21.5. The summed E-state index contributed by atoms with van der Waals surface area (Å²) in [4.78, 5) is 39.7. The molecule has 1 aromatic carbocycles. The second-order valence-electron chi connectivity index (χ2n) is 6.52. The zero-order valence-electron chi connectivity index (χ0n) is 15.4. The smallest absolute Gasteiger partial charge is 0.332 e. The molecule has 0 saturated carbocycles. The fourth-order valence-electron chi connectivity index (χ4n) is 3.51. The van der Waals surface area contributed by atoms with Crippen molar-refractivity contribution in [1.29, 1.82) is 0 Å². The first-order valence-corrected chi connectivity index (χ1v) is 9.20. The molecule has 1 N–H and O–H groups in total. The van der Waals surface area contributed by atoms with Crippen LogP contribution >= 0.6 is 23.2 Å². The van der Waals surface area contributed by atoms with Gasteiger partial charge in [-0.1, -0.05) is 23.2 Å². The van der Waals surface area contributed by atoms with Gasteiger partial charge in [-0.2, -0.15) is 0 Å². The van der Waals surface area contributed by atoms with Crippen molar-refractivity contribution in [3.05, 3.63) is 28.2 Å². The minimum atomic E-state index is -1.27. The summed E-state index contributed by atoms with van der Waals surface area (Å²) in [5.41, 5.74) is -0.911. The van der Waals surface area contributed by atoms with Crippen molar-refractivity contribution in [3.63, 3.8) is 0 Å². The number of halogens is 2. The van der Waals surface area contributed by atoms with Crippen LogP contribution in [0.15, 0.2) is 18.2 Å². The molecule has 1 heterocycles. The molecule has 1 atom stereocenters. The highest BCUT2D eigenvalue weighted by Gasteiger charge is 2.50. The second-order valence-corrected chi connectivity index (χ2v) is 7.37. The summed E-state index contributed by atoms with van der Waals surface area (Å²) >= 11 is 12.3. The predicted molar refractivity (Wildman–Crippen MR) is 102 cm³/mol. The number of ether oxygens (including phenoxy) is 1. The van der Waals surface area contributed by atoms with E-state index in [4.69, 9.17) is 27.9 Å². The predicted octanol–water partition coefficient (Wildman–Crippen LogP) is 2.83. The van der Waals surface area contributed by atoms with Crippen LogP contribution in [0.1, 0.15) is 26.7 Å². The third-order valence-electron chi connectivity index (χ3n) is 4.99. The molecule has 0 aromatic heterocycles. The lowest BCUT2D eigenvalue weighted by molar-refractivity contribution is -0.152. The van der Waals surface area contributed by atoms with E-state index in [0.717, 1.165) is 0 Å². The molecule has 1 aliphatic rings. The van der Waals surface area contributed by atoms with Gasteiger partial charge in [-0.25, -0.2) is 4.79 Å². The number of anilines is 1. The average molecular weight is 417 g/mol. The molecule has 1 saturated heterocycles. The van der Waals surface area contributed by atoms with Crippen LogP contribution < -0.4 is 4.90 Å². The van der Waals surface area contributed by atoms with E-state index in [2.05, 4.69) is 0 Å². The monoisotopic (exact) mass is 416 g/mol. The van der Waals surface area contributed by atoms with Gasteiger partial charge in [0.1, 0.15) is 11.6 Å². The summed E-state index contributed by atoms with van der Waals surface area (Å²) in [5, 5.41) is 9.87. The summed E-state index contributed by atoms with van der Waals surface area (Å²) in [6.07, 6.45) is 0.436. The lowest BCUT2D eigenvalue weighted by Crippen LogP contribution is -2.63. The number of carbonyl (C=O) groups is 3. The number of nitrogens with zero attached hydrogens (tertiary/aromatic N) is 2. The number of piperidine rings is 1. The van der Waals surface area contributed by atoms with E-state index in [1.165, 1.54) is 25.0 Å². The van der Waals surface area contributed by atoms with E-state index >= 15 is 0 Å². The molecular formula is C18H22Cl2N2O5. The maximum absolute atomic E-state index is 12.8. The summed E-state index contributed by atoms with van der Waals surface area (Å²) in [6, 6.07) is 3.99. The Balaban J connectivity index is 2.46. The number of rotatable bonds is 5. The van der Waals surface area contributed by atoms with Crippen LogP contribution in [0.5, 0.6) is 0 Å².